The Labute approximate surface area is 240 Å². The number of nitrogens with one attached hydrogen (secondary N) is 1. The molecule has 1 fully saturated rings. The Morgan fingerprint density at radius 3 is 2.30 bits per heavy atom. The number of halogens is 1. The van der Waals surface area contributed by atoms with Crippen molar-refractivity contribution in [2.45, 2.75) is 11.4 Å². The quantitative estimate of drug-likeness (QED) is 0.323. The summed E-state index contributed by atoms with van der Waals surface area (Å²) in [4.78, 5) is 34.7. The van der Waals surface area contributed by atoms with Crippen molar-refractivity contribution < 1.29 is 8.42 Å². The molecule has 0 atom stereocenters. The Morgan fingerprint density at radius 1 is 1.02 bits per heavy atom. The van der Waals surface area contributed by atoms with Crippen LogP contribution in [0.4, 0.5) is 11.6 Å². The summed E-state index contributed by atoms with van der Waals surface area (Å²) in [5, 5.41) is 9.35. The van der Waals surface area contributed by atoms with E-state index in [4.69, 9.17) is 33.9 Å². The van der Waals surface area contributed by atoms with Gasteiger partial charge in [-0.3, -0.25) is 18.5 Å². The van der Waals surface area contributed by atoms with E-state index in [9.17, 15) is 18.0 Å². The minimum absolute atomic E-state index is 0.0181. The molecule has 1 aliphatic heterocycles. The molecule has 0 aliphatic carbocycles. The van der Waals surface area contributed by atoms with Crippen molar-refractivity contribution in [3.05, 3.63) is 80.0 Å². The van der Waals surface area contributed by atoms with Crippen LogP contribution in [0.3, 0.4) is 0 Å². The predicted octanol–water partition coefficient (Wildman–Crippen LogP) is 1.30. The molecule has 2 aromatic carbocycles. The van der Waals surface area contributed by atoms with Crippen LogP contribution in [0.1, 0.15) is 5.56 Å². The summed E-state index contributed by atoms with van der Waals surface area (Å²) >= 11 is 12.1. The zero-order valence-electron chi connectivity index (χ0n) is 21.7. The molecule has 0 radical (unpaired) electrons. The van der Waals surface area contributed by atoms with Crippen LogP contribution < -0.4 is 26.6 Å². The molecular formula is C25H27ClN8O4S2. The maximum absolute atomic E-state index is 13.2. The number of anilines is 2. The van der Waals surface area contributed by atoms with E-state index in [1.165, 1.54) is 23.7 Å². The van der Waals surface area contributed by atoms with E-state index in [1.54, 1.807) is 25.2 Å². The lowest BCUT2D eigenvalue weighted by Gasteiger charge is -2.36. The van der Waals surface area contributed by atoms with Crippen molar-refractivity contribution in [3.63, 3.8) is 0 Å². The number of piperazine rings is 1. The maximum atomic E-state index is 13.2. The monoisotopic (exact) mass is 602 g/mol. The number of aromatic nitrogens is 4. The number of fused-ring (bicyclic) bond motifs is 1. The number of hydrogen-bond donors (Lipinski definition) is 2. The van der Waals surface area contributed by atoms with Crippen LogP contribution in [-0.4, -0.2) is 63.3 Å². The number of benzene rings is 2. The first-order valence-corrected chi connectivity index (χ1v) is 14.6. The van der Waals surface area contributed by atoms with Gasteiger partial charge in [0.25, 0.3) is 5.56 Å². The van der Waals surface area contributed by atoms with E-state index in [0.717, 1.165) is 10.1 Å². The highest BCUT2D eigenvalue weighted by Gasteiger charge is 2.27. The fourth-order valence-electron chi connectivity index (χ4n) is 4.66. The van der Waals surface area contributed by atoms with Gasteiger partial charge >= 0.3 is 5.69 Å². The highest BCUT2D eigenvalue weighted by Crippen LogP contribution is 2.25. The first-order chi connectivity index (χ1) is 19.0. The lowest BCUT2D eigenvalue weighted by Crippen LogP contribution is -2.50. The van der Waals surface area contributed by atoms with Crippen LogP contribution in [0.2, 0.25) is 5.02 Å². The van der Waals surface area contributed by atoms with Crippen LogP contribution in [0, 0.1) is 0 Å². The number of nitrogens with two attached hydrogens (primary N) is 1. The van der Waals surface area contributed by atoms with Gasteiger partial charge in [-0.2, -0.15) is 4.98 Å². The number of nitrogens with zero attached hydrogens (tertiary/aromatic N) is 6. The van der Waals surface area contributed by atoms with Crippen molar-refractivity contribution >= 4 is 61.8 Å². The molecule has 0 unspecified atom stereocenters. The van der Waals surface area contributed by atoms with Gasteiger partial charge in [-0.05, 0) is 48.1 Å². The standard InChI is InChI=1S/C25H27ClN8O4S2/c1-30-21-20(22(35)31(2)25(30)36)34(15-16-5-3-4-6-19(16)26)23(29-21)32-11-13-33(14-12-32)24(39)28-17-7-9-18(10-8-17)40(27,37)38/h3-10H,11-15H2,1-2H3,(H,28,39)(H2,27,37,38). The summed E-state index contributed by atoms with van der Waals surface area (Å²) in [6.07, 6.45) is 0. The molecule has 0 amide bonds. The smallest absolute Gasteiger partial charge is 0.332 e. The summed E-state index contributed by atoms with van der Waals surface area (Å²) < 4.78 is 27.3. The third-order valence-electron chi connectivity index (χ3n) is 6.90. The SMILES string of the molecule is Cn1c(=O)c2c(nc(N3CCN(C(=S)Nc4ccc(S(N)(=O)=O)cc4)CC3)n2Cc2ccccc2Cl)n(C)c1=O. The highest BCUT2D eigenvalue weighted by molar-refractivity contribution is 7.89. The number of aryl methyl sites for hydroxylation is 1. The zero-order valence-corrected chi connectivity index (χ0v) is 24.1. The van der Waals surface area contributed by atoms with E-state index in [1.807, 2.05) is 27.7 Å². The molecule has 210 valence electrons. The average molecular weight is 603 g/mol. The van der Waals surface area contributed by atoms with Gasteiger partial charge in [0.05, 0.1) is 11.4 Å². The summed E-state index contributed by atoms with van der Waals surface area (Å²) in [6.45, 7) is 2.52. The second-order valence-electron chi connectivity index (χ2n) is 9.44. The van der Waals surface area contributed by atoms with E-state index < -0.39 is 21.3 Å². The van der Waals surface area contributed by atoms with Crippen LogP contribution in [-0.2, 0) is 30.7 Å². The Balaban J connectivity index is 1.41. The molecule has 3 N–H and O–H groups in total. The minimum atomic E-state index is -3.78. The molecule has 0 bridgehead atoms. The van der Waals surface area contributed by atoms with Gasteiger partial charge in [-0.25, -0.2) is 18.4 Å². The highest BCUT2D eigenvalue weighted by atomic mass is 35.5. The largest absolute Gasteiger partial charge is 0.345 e. The molecule has 1 saturated heterocycles. The summed E-state index contributed by atoms with van der Waals surface area (Å²) in [7, 11) is -0.733. The van der Waals surface area contributed by atoms with E-state index in [2.05, 4.69) is 10.2 Å². The van der Waals surface area contributed by atoms with Crippen molar-refractivity contribution in [2.24, 2.45) is 19.2 Å². The Morgan fingerprint density at radius 2 is 1.68 bits per heavy atom. The zero-order chi connectivity index (χ0) is 28.8. The molecule has 5 rings (SSSR count). The predicted molar refractivity (Wildman–Crippen MR) is 159 cm³/mol. The first kappa shape index (κ1) is 27.8. The lowest BCUT2D eigenvalue weighted by molar-refractivity contribution is 0.386. The van der Waals surface area contributed by atoms with Gasteiger partial charge in [-0.15, -0.1) is 0 Å². The fraction of sp³-hybridized carbons (Fsp3) is 0.280. The van der Waals surface area contributed by atoms with Gasteiger partial charge in [0.2, 0.25) is 16.0 Å². The number of sulfonamides is 1. The molecule has 12 nitrogen and oxygen atoms in total. The van der Waals surface area contributed by atoms with Crippen molar-refractivity contribution in [1.82, 2.24) is 23.6 Å². The summed E-state index contributed by atoms with van der Waals surface area (Å²) in [6, 6.07) is 13.4. The first-order valence-electron chi connectivity index (χ1n) is 12.3. The number of imidazole rings is 1. The van der Waals surface area contributed by atoms with E-state index >= 15 is 0 Å². The molecule has 40 heavy (non-hydrogen) atoms. The molecule has 2 aromatic heterocycles. The van der Waals surface area contributed by atoms with Crippen LogP contribution in [0.5, 0.6) is 0 Å². The summed E-state index contributed by atoms with van der Waals surface area (Å²) in [5.74, 6) is 0.560. The summed E-state index contributed by atoms with van der Waals surface area (Å²) in [5.41, 5.74) is 1.20. The lowest BCUT2D eigenvalue weighted by atomic mass is 10.2. The maximum Gasteiger partial charge on any atom is 0.332 e. The number of primary sulfonamides is 1. The third kappa shape index (κ3) is 5.22. The van der Waals surface area contributed by atoms with E-state index in [0.29, 0.717) is 65.7 Å². The molecule has 0 spiro atoms. The molecule has 3 heterocycles. The second-order valence-corrected chi connectivity index (χ2v) is 11.8. The Bertz CT molecular complexity index is 1840. The molecule has 1 aliphatic rings. The topological polar surface area (TPSA) is 140 Å². The van der Waals surface area contributed by atoms with Gasteiger partial charge < -0.3 is 15.1 Å². The van der Waals surface area contributed by atoms with Crippen molar-refractivity contribution in [1.29, 1.82) is 0 Å². The second kappa shape index (κ2) is 10.7. The van der Waals surface area contributed by atoms with Crippen molar-refractivity contribution in [3.8, 4) is 0 Å². The van der Waals surface area contributed by atoms with E-state index in [-0.39, 0.29) is 4.90 Å². The number of rotatable bonds is 5. The normalized spacial score (nSPS) is 14.1. The van der Waals surface area contributed by atoms with Gasteiger partial charge in [0.15, 0.2) is 16.3 Å². The van der Waals surface area contributed by atoms with Gasteiger partial charge in [0, 0.05) is 51.0 Å². The molecule has 0 saturated carbocycles. The van der Waals surface area contributed by atoms with Crippen LogP contribution in [0.15, 0.2) is 63.0 Å². The van der Waals surface area contributed by atoms with Crippen molar-refractivity contribution in [2.75, 3.05) is 36.4 Å². The molecule has 15 heteroatoms. The van der Waals surface area contributed by atoms with Crippen LogP contribution >= 0.6 is 23.8 Å². The third-order valence-corrected chi connectivity index (χ3v) is 8.56. The molecule has 4 aromatic rings. The van der Waals surface area contributed by atoms with Crippen LogP contribution in [0.25, 0.3) is 11.2 Å². The Hall–Kier alpha value is -3.72. The number of hydrogen-bond acceptors (Lipinski definition) is 7. The average Bonchev–Trinajstić information content (AvgIpc) is 3.31. The van der Waals surface area contributed by atoms with Gasteiger partial charge in [0.1, 0.15) is 0 Å². The minimum Gasteiger partial charge on any atom is -0.345 e. The fourth-order valence-corrected chi connectivity index (χ4v) is 5.67. The number of thiocarbonyl (C=S) groups is 1. The molecular weight excluding hydrogens is 576 g/mol. The Kier molecular flexibility index (Phi) is 7.44. The van der Waals surface area contributed by atoms with Gasteiger partial charge in [-0.1, -0.05) is 29.8 Å².